The van der Waals surface area contributed by atoms with Crippen LogP contribution in [0.1, 0.15) is 18.3 Å². The normalized spacial score (nSPS) is 16.5. The maximum absolute atomic E-state index is 13.3. The zero-order valence-electron chi connectivity index (χ0n) is 12.6. The van der Waals surface area contributed by atoms with E-state index in [0.29, 0.717) is 6.54 Å². The average molecular weight is 308 g/mol. The Morgan fingerprint density at radius 1 is 1.09 bits per heavy atom. The van der Waals surface area contributed by atoms with E-state index in [-0.39, 0.29) is 11.9 Å². The largest absolute Gasteiger partial charge is 0.328 e. The molecule has 0 bridgehead atoms. The van der Waals surface area contributed by atoms with E-state index in [1.807, 2.05) is 12.1 Å². The highest BCUT2D eigenvalue weighted by molar-refractivity contribution is 5.79. The molecule has 1 aromatic carbocycles. The smallest absolute Gasteiger partial charge is 0.123 e. The first-order valence-electron chi connectivity index (χ1n) is 7.75. The third kappa shape index (κ3) is 2.33. The van der Waals surface area contributed by atoms with Gasteiger partial charge in [0.05, 0.1) is 11.4 Å². The fourth-order valence-electron chi connectivity index (χ4n) is 3.29. The van der Waals surface area contributed by atoms with E-state index in [4.69, 9.17) is 10.7 Å². The quantitative estimate of drug-likeness (QED) is 0.808. The first-order valence-corrected chi connectivity index (χ1v) is 7.75. The van der Waals surface area contributed by atoms with Crippen LogP contribution in [-0.4, -0.2) is 21.1 Å². The molecule has 2 aromatic heterocycles. The summed E-state index contributed by atoms with van der Waals surface area (Å²) in [6.45, 7) is 0.588. The van der Waals surface area contributed by atoms with Gasteiger partial charge in [0, 0.05) is 42.5 Å². The molecule has 0 unspecified atom stereocenters. The number of fused-ring (bicyclic) bond motifs is 1. The first kappa shape index (κ1) is 14.1. The molecule has 0 saturated carbocycles. The van der Waals surface area contributed by atoms with Crippen molar-refractivity contribution in [3.63, 3.8) is 0 Å². The van der Waals surface area contributed by atoms with Gasteiger partial charge in [-0.25, -0.2) is 9.37 Å². The van der Waals surface area contributed by atoms with Gasteiger partial charge in [0.1, 0.15) is 11.6 Å². The van der Waals surface area contributed by atoms with Crippen molar-refractivity contribution < 1.29 is 4.39 Å². The lowest BCUT2D eigenvalue weighted by Crippen LogP contribution is -2.16. The summed E-state index contributed by atoms with van der Waals surface area (Å²) in [6.07, 6.45) is 5.48. The van der Waals surface area contributed by atoms with Crippen molar-refractivity contribution in [3.05, 3.63) is 60.4 Å². The Morgan fingerprint density at radius 2 is 1.83 bits per heavy atom. The minimum Gasteiger partial charge on any atom is -0.328 e. The number of hydrogen-bond donors (Lipinski definition) is 1. The lowest BCUT2D eigenvalue weighted by atomic mass is 10.0. The van der Waals surface area contributed by atoms with Crippen molar-refractivity contribution in [2.75, 3.05) is 6.54 Å². The van der Waals surface area contributed by atoms with E-state index in [2.05, 4.69) is 9.55 Å². The molecule has 1 aliphatic rings. The van der Waals surface area contributed by atoms with E-state index in [1.54, 1.807) is 24.5 Å². The molecule has 5 heteroatoms. The second-order valence-corrected chi connectivity index (χ2v) is 5.77. The molecular weight excluding hydrogens is 291 g/mol. The number of benzene rings is 1. The summed E-state index contributed by atoms with van der Waals surface area (Å²) >= 11 is 0. The monoisotopic (exact) mass is 308 g/mol. The number of aromatic nitrogens is 3. The molecule has 0 fully saturated rings. The molecule has 0 radical (unpaired) electrons. The van der Waals surface area contributed by atoms with Crippen molar-refractivity contribution in [1.82, 2.24) is 14.5 Å². The molecule has 0 saturated heterocycles. The van der Waals surface area contributed by atoms with Gasteiger partial charge in [-0.3, -0.25) is 4.98 Å². The topological polar surface area (TPSA) is 56.7 Å². The molecule has 0 aliphatic carbocycles. The van der Waals surface area contributed by atoms with E-state index < -0.39 is 0 Å². The zero-order chi connectivity index (χ0) is 15.8. The highest BCUT2D eigenvalue weighted by Crippen LogP contribution is 2.39. The molecule has 4 nitrogen and oxygen atoms in total. The molecule has 0 spiro atoms. The predicted octanol–water partition coefficient (Wildman–Crippen LogP) is 3.20. The van der Waals surface area contributed by atoms with Crippen LogP contribution in [0.25, 0.3) is 22.5 Å². The van der Waals surface area contributed by atoms with Gasteiger partial charge in [0.2, 0.25) is 0 Å². The van der Waals surface area contributed by atoms with Crippen molar-refractivity contribution in [2.24, 2.45) is 5.73 Å². The average Bonchev–Trinajstić information content (AvgIpc) is 3.15. The van der Waals surface area contributed by atoms with Crippen molar-refractivity contribution in [1.29, 1.82) is 0 Å². The van der Waals surface area contributed by atoms with Crippen molar-refractivity contribution in [2.45, 2.75) is 18.9 Å². The molecule has 3 aromatic rings. The number of aryl methyl sites for hydroxylation is 1. The summed E-state index contributed by atoms with van der Waals surface area (Å²) in [5.41, 5.74) is 9.84. The Kier molecular flexibility index (Phi) is 3.42. The number of hydrogen-bond acceptors (Lipinski definition) is 3. The lowest BCUT2D eigenvalue weighted by molar-refractivity contribution is 0.544. The van der Waals surface area contributed by atoms with Gasteiger partial charge in [-0.05, 0) is 42.8 Å². The van der Waals surface area contributed by atoms with Crippen LogP contribution in [0.5, 0.6) is 0 Å². The summed E-state index contributed by atoms with van der Waals surface area (Å²) in [4.78, 5) is 8.93. The first-order chi connectivity index (χ1) is 11.3. The van der Waals surface area contributed by atoms with Gasteiger partial charge in [-0.15, -0.1) is 0 Å². The molecule has 4 rings (SSSR count). The van der Waals surface area contributed by atoms with E-state index >= 15 is 0 Å². The molecule has 1 atom stereocenters. The van der Waals surface area contributed by atoms with E-state index in [0.717, 1.165) is 41.2 Å². The second kappa shape index (κ2) is 5.59. The molecule has 0 amide bonds. The number of halogens is 1. The van der Waals surface area contributed by atoms with Crippen LogP contribution in [0.2, 0.25) is 0 Å². The summed E-state index contributed by atoms with van der Waals surface area (Å²) in [5.74, 6) is 0.803. The van der Waals surface area contributed by atoms with Gasteiger partial charge < -0.3 is 10.3 Å². The highest BCUT2D eigenvalue weighted by atomic mass is 19.1. The maximum Gasteiger partial charge on any atom is 0.123 e. The number of pyridine rings is 1. The SMILES string of the molecule is NC[C@@H]1CCc2nc(-c3ccc(F)cc3)c(-c3ccncc3)n21. The van der Waals surface area contributed by atoms with Gasteiger partial charge in [-0.2, -0.15) is 0 Å². The summed E-state index contributed by atoms with van der Waals surface area (Å²) in [6, 6.07) is 10.7. The van der Waals surface area contributed by atoms with E-state index in [1.165, 1.54) is 12.1 Å². The lowest BCUT2D eigenvalue weighted by Gasteiger charge is -2.15. The van der Waals surface area contributed by atoms with E-state index in [9.17, 15) is 4.39 Å². The summed E-state index contributed by atoms with van der Waals surface area (Å²) < 4.78 is 15.5. The van der Waals surface area contributed by atoms with Crippen LogP contribution in [0.4, 0.5) is 4.39 Å². The Labute approximate surface area is 133 Å². The maximum atomic E-state index is 13.3. The Balaban J connectivity index is 1.95. The standard InChI is InChI=1S/C18H17FN4/c19-14-3-1-12(2-4-14)17-18(13-7-9-21-10-8-13)23-15(11-20)5-6-16(23)22-17/h1-4,7-10,15H,5-6,11,20H2/t15-/m0/s1. The van der Waals surface area contributed by atoms with Crippen molar-refractivity contribution in [3.8, 4) is 22.5 Å². The summed E-state index contributed by atoms with van der Waals surface area (Å²) in [5, 5.41) is 0. The Bertz CT molecular complexity index is 824. The highest BCUT2D eigenvalue weighted by Gasteiger charge is 2.29. The molecule has 2 N–H and O–H groups in total. The van der Waals surface area contributed by atoms with Crippen LogP contribution < -0.4 is 5.73 Å². The minimum absolute atomic E-state index is 0.245. The van der Waals surface area contributed by atoms with Gasteiger partial charge >= 0.3 is 0 Å². The van der Waals surface area contributed by atoms with Crippen LogP contribution in [-0.2, 0) is 6.42 Å². The number of nitrogens with zero attached hydrogens (tertiary/aromatic N) is 3. The van der Waals surface area contributed by atoms with Gasteiger partial charge in [-0.1, -0.05) is 0 Å². The van der Waals surface area contributed by atoms with Gasteiger partial charge in [0.25, 0.3) is 0 Å². The Morgan fingerprint density at radius 3 is 2.52 bits per heavy atom. The van der Waals surface area contributed by atoms with Crippen LogP contribution in [0.3, 0.4) is 0 Å². The number of rotatable bonds is 3. The van der Waals surface area contributed by atoms with Crippen molar-refractivity contribution >= 4 is 0 Å². The fraction of sp³-hybridized carbons (Fsp3) is 0.222. The fourth-order valence-corrected chi connectivity index (χ4v) is 3.29. The molecule has 3 heterocycles. The Hall–Kier alpha value is -2.53. The van der Waals surface area contributed by atoms with Crippen LogP contribution >= 0.6 is 0 Å². The third-order valence-electron chi connectivity index (χ3n) is 4.39. The zero-order valence-corrected chi connectivity index (χ0v) is 12.6. The summed E-state index contributed by atoms with van der Waals surface area (Å²) in [7, 11) is 0. The molecule has 23 heavy (non-hydrogen) atoms. The predicted molar refractivity (Wildman–Crippen MR) is 87.3 cm³/mol. The minimum atomic E-state index is -0.245. The third-order valence-corrected chi connectivity index (χ3v) is 4.39. The van der Waals surface area contributed by atoms with Gasteiger partial charge in [0.15, 0.2) is 0 Å². The number of nitrogens with two attached hydrogens (primary N) is 1. The molecular formula is C18H17FN4. The number of imidazole rings is 1. The molecule has 116 valence electrons. The molecule has 1 aliphatic heterocycles. The van der Waals surface area contributed by atoms with Crippen LogP contribution in [0, 0.1) is 5.82 Å². The second-order valence-electron chi connectivity index (χ2n) is 5.77. The van der Waals surface area contributed by atoms with Crippen LogP contribution in [0.15, 0.2) is 48.8 Å².